The molecule has 130 valence electrons. The van der Waals surface area contributed by atoms with Crippen molar-refractivity contribution < 1.29 is 4.79 Å². The van der Waals surface area contributed by atoms with E-state index < -0.39 is 0 Å². The predicted octanol–water partition coefficient (Wildman–Crippen LogP) is 3.55. The van der Waals surface area contributed by atoms with Gasteiger partial charge >= 0.3 is 0 Å². The summed E-state index contributed by atoms with van der Waals surface area (Å²) >= 11 is 1.69. The molecule has 1 fully saturated rings. The summed E-state index contributed by atoms with van der Waals surface area (Å²) in [7, 11) is 1.90. The molecule has 3 aromatic heterocycles. The molecular formula is C18H21N5OS. The van der Waals surface area contributed by atoms with E-state index >= 15 is 0 Å². The van der Waals surface area contributed by atoms with Crippen LogP contribution in [0.25, 0.3) is 10.6 Å². The van der Waals surface area contributed by atoms with Crippen molar-refractivity contribution in [1.29, 1.82) is 0 Å². The van der Waals surface area contributed by atoms with Crippen molar-refractivity contribution in [2.24, 2.45) is 7.05 Å². The van der Waals surface area contributed by atoms with E-state index in [4.69, 9.17) is 0 Å². The van der Waals surface area contributed by atoms with Crippen LogP contribution in [-0.4, -0.2) is 37.3 Å². The molecule has 1 N–H and O–H groups in total. The fourth-order valence-corrected chi connectivity index (χ4v) is 4.21. The molecular weight excluding hydrogens is 334 g/mol. The number of amides is 1. The molecule has 0 saturated carbocycles. The Morgan fingerprint density at radius 3 is 2.92 bits per heavy atom. The van der Waals surface area contributed by atoms with E-state index in [1.807, 2.05) is 30.3 Å². The van der Waals surface area contributed by atoms with Crippen molar-refractivity contribution >= 4 is 17.2 Å². The quantitative estimate of drug-likeness (QED) is 0.781. The number of hydrogen-bond donors (Lipinski definition) is 1. The normalized spacial score (nSPS) is 17.8. The molecule has 1 unspecified atom stereocenters. The van der Waals surface area contributed by atoms with Gasteiger partial charge in [0.15, 0.2) is 5.69 Å². The number of piperidine rings is 1. The Morgan fingerprint density at radius 2 is 2.20 bits per heavy atom. The van der Waals surface area contributed by atoms with Crippen LogP contribution in [0.1, 0.15) is 46.4 Å². The fourth-order valence-electron chi connectivity index (χ4n) is 3.38. The van der Waals surface area contributed by atoms with Crippen LogP contribution in [0.5, 0.6) is 0 Å². The summed E-state index contributed by atoms with van der Waals surface area (Å²) in [5.41, 5.74) is 2.33. The Bertz CT molecular complexity index is 893. The Morgan fingerprint density at radius 1 is 1.32 bits per heavy atom. The highest BCUT2D eigenvalue weighted by atomic mass is 32.1. The zero-order chi connectivity index (χ0) is 17.4. The number of hydrogen-bond acceptors (Lipinski definition) is 4. The zero-order valence-electron chi connectivity index (χ0n) is 14.4. The highest BCUT2D eigenvalue weighted by Gasteiger charge is 2.31. The number of aryl methyl sites for hydroxylation is 2. The van der Waals surface area contributed by atoms with Gasteiger partial charge < -0.3 is 4.90 Å². The van der Waals surface area contributed by atoms with E-state index in [2.05, 4.69) is 34.4 Å². The minimum Gasteiger partial charge on any atom is -0.329 e. The van der Waals surface area contributed by atoms with Gasteiger partial charge in [0.1, 0.15) is 0 Å². The maximum Gasteiger partial charge on any atom is 0.274 e. The second-order valence-electron chi connectivity index (χ2n) is 6.50. The Labute approximate surface area is 150 Å². The molecule has 4 rings (SSSR count). The first kappa shape index (κ1) is 16.1. The van der Waals surface area contributed by atoms with Gasteiger partial charge in [-0.25, -0.2) is 0 Å². The summed E-state index contributed by atoms with van der Waals surface area (Å²) in [6.45, 7) is 2.82. The van der Waals surface area contributed by atoms with Gasteiger partial charge in [0.05, 0.1) is 22.3 Å². The van der Waals surface area contributed by atoms with Gasteiger partial charge in [-0.1, -0.05) is 0 Å². The lowest BCUT2D eigenvalue weighted by atomic mass is 9.99. The SMILES string of the molecule is Cc1ccc(-c2cc(C(=O)N3CCCCC3c3ccn(C)n3)n[nH]2)s1. The maximum absolute atomic E-state index is 13.1. The number of likely N-dealkylation sites (tertiary alicyclic amines) is 1. The fraction of sp³-hybridized carbons (Fsp3) is 0.389. The smallest absolute Gasteiger partial charge is 0.274 e. The third-order valence-corrected chi connectivity index (χ3v) is 5.68. The average Bonchev–Trinajstić information content (AvgIpc) is 3.34. The Balaban J connectivity index is 1.59. The van der Waals surface area contributed by atoms with Crippen molar-refractivity contribution in [3.8, 4) is 10.6 Å². The molecule has 0 bridgehead atoms. The number of nitrogens with one attached hydrogen (secondary N) is 1. The van der Waals surface area contributed by atoms with Crippen LogP contribution in [0.4, 0.5) is 0 Å². The first-order valence-corrected chi connectivity index (χ1v) is 9.36. The number of aromatic nitrogens is 4. The van der Waals surface area contributed by atoms with Crippen LogP contribution in [-0.2, 0) is 7.05 Å². The van der Waals surface area contributed by atoms with Gasteiger partial charge in [-0.2, -0.15) is 10.2 Å². The molecule has 0 aliphatic carbocycles. The van der Waals surface area contributed by atoms with Crippen molar-refractivity contribution in [3.05, 3.63) is 46.7 Å². The van der Waals surface area contributed by atoms with Gasteiger partial charge in [-0.3, -0.25) is 14.6 Å². The number of nitrogens with zero attached hydrogens (tertiary/aromatic N) is 4. The van der Waals surface area contributed by atoms with E-state index in [1.165, 1.54) is 4.88 Å². The minimum absolute atomic E-state index is 0.0221. The summed E-state index contributed by atoms with van der Waals surface area (Å²) < 4.78 is 1.79. The van der Waals surface area contributed by atoms with E-state index in [0.717, 1.165) is 42.1 Å². The van der Waals surface area contributed by atoms with Crippen LogP contribution in [0.15, 0.2) is 30.5 Å². The van der Waals surface area contributed by atoms with Crippen molar-refractivity contribution in [1.82, 2.24) is 24.9 Å². The highest BCUT2D eigenvalue weighted by molar-refractivity contribution is 7.15. The van der Waals surface area contributed by atoms with E-state index in [0.29, 0.717) is 5.69 Å². The molecule has 0 spiro atoms. The third-order valence-electron chi connectivity index (χ3n) is 4.64. The highest BCUT2D eigenvalue weighted by Crippen LogP contribution is 2.32. The summed E-state index contributed by atoms with van der Waals surface area (Å²) in [5, 5.41) is 11.8. The van der Waals surface area contributed by atoms with Crippen molar-refractivity contribution in [2.45, 2.75) is 32.2 Å². The minimum atomic E-state index is -0.0221. The van der Waals surface area contributed by atoms with Gasteiger partial charge in [-0.05, 0) is 50.5 Å². The third kappa shape index (κ3) is 3.11. The maximum atomic E-state index is 13.1. The zero-order valence-corrected chi connectivity index (χ0v) is 15.2. The summed E-state index contributed by atoms with van der Waals surface area (Å²) in [6.07, 6.45) is 5.02. The number of carbonyl (C=O) groups is 1. The van der Waals surface area contributed by atoms with Crippen LogP contribution in [0, 0.1) is 6.92 Å². The average molecular weight is 355 g/mol. The Hall–Kier alpha value is -2.41. The van der Waals surface area contributed by atoms with Crippen molar-refractivity contribution in [2.75, 3.05) is 6.54 Å². The first-order valence-electron chi connectivity index (χ1n) is 8.54. The number of carbonyl (C=O) groups excluding carboxylic acids is 1. The summed E-state index contributed by atoms with van der Waals surface area (Å²) in [5.74, 6) is -0.0221. The number of thiophene rings is 1. The second-order valence-corrected chi connectivity index (χ2v) is 7.79. The molecule has 1 aliphatic heterocycles. The van der Waals surface area contributed by atoms with Crippen LogP contribution in [0.3, 0.4) is 0 Å². The summed E-state index contributed by atoms with van der Waals surface area (Å²) in [6, 6.07) is 8.02. The monoisotopic (exact) mass is 355 g/mol. The Kier molecular flexibility index (Phi) is 4.17. The molecule has 1 aliphatic rings. The van der Waals surface area contributed by atoms with Crippen LogP contribution in [0.2, 0.25) is 0 Å². The number of aromatic amines is 1. The largest absolute Gasteiger partial charge is 0.329 e. The molecule has 3 aromatic rings. The van der Waals surface area contributed by atoms with E-state index in [9.17, 15) is 4.79 Å². The molecule has 0 aromatic carbocycles. The molecule has 6 nitrogen and oxygen atoms in total. The topological polar surface area (TPSA) is 66.8 Å². The van der Waals surface area contributed by atoms with Gasteiger partial charge in [0.2, 0.25) is 0 Å². The summed E-state index contributed by atoms with van der Waals surface area (Å²) in [4.78, 5) is 17.3. The lowest BCUT2D eigenvalue weighted by Gasteiger charge is -2.34. The molecule has 0 radical (unpaired) electrons. The van der Waals surface area contributed by atoms with Gasteiger partial charge in [0, 0.05) is 24.7 Å². The van der Waals surface area contributed by atoms with Gasteiger partial charge in [0.25, 0.3) is 5.91 Å². The lowest BCUT2D eigenvalue weighted by molar-refractivity contribution is 0.0599. The van der Waals surface area contributed by atoms with E-state index in [-0.39, 0.29) is 11.9 Å². The molecule has 25 heavy (non-hydrogen) atoms. The van der Waals surface area contributed by atoms with Gasteiger partial charge in [-0.15, -0.1) is 11.3 Å². The number of rotatable bonds is 3. The standard InChI is InChI=1S/C18H21N5OS/c1-12-6-7-17(25-12)14-11-15(20-19-14)18(24)23-9-4-3-5-16(23)13-8-10-22(2)21-13/h6-8,10-11,16H,3-5,9H2,1-2H3,(H,19,20). The molecule has 7 heteroatoms. The first-order chi connectivity index (χ1) is 12.1. The van der Waals surface area contributed by atoms with Crippen LogP contribution < -0.4 is 0 Å². The molecule has 1 amide bonds. The molecule has 1 saturated heterocycles. The molecule has 4 heterocycles. The van der Waals surface area contributed by atoms with E-state index in [1.54, 1.807) is 16.0 Å². The number of H-pyrrole nitrogens is 1. The second kappa shape index (κ2) is 6.48. The predicted molar refractivity (Wildman–Crippen MR) is 97.5 cm³/mol. The van der Waals surface area contributed by atoms with Crippen LogP contribution >= 0.6 is 11.3 Å². The van der Waals surface area contributed by atoms with Crippen molar-refractivity contribution in [3.63, 3.8) is 0 Å². The molecule has 1 atom stereocenters. The lowest BCUT2D eigenvalue weighted by Crippen LogP contribution is -2.39.